The SMILES string of the molecule is COC(=O)CSCc1ccc(CNC(C)(C)C)o1. The van der Waals surface area contributed by atoms with Crippen molar-refractivity contribution in [2.24, 2.45) is 0 Å². The van der Waals surface area contributed by atoms with Crippen molar-refractivity contribution in [3.63, 3.8) is 0 Å². The number of esters is 1. The third-order valence-electron chi connectivity index (χ3n) is 2.20. The molecule has 102 valence electrons. The van der Waals surface area contributed by atoms with Gasteiger partial charge in [-0.05, 0) is 32.9 Å². The van der Waals surface area contributed by atoms with Gasteiger partial charge < -0.3 is 14.5 Å². The second kappa shape index (κ2) is 6.85. The van der Waals surface area contributed by atoms with E-state index in [0.29, 0.717) is 18.1 Å². The van der Waals surface area contributed by atoms with Gasteiger partial charge in [0.2, 0.25) is 0 Å². The highest BCUT2D eigenvalue weighted by molar-refractivity contribution is 7.99. The lowest BCUT2D eigenvalue weighted by atomic mass is 10.1. The largest absolute Gasteiger partial charge is 0.468 e. The van der Waals surface area contributed by atoms with Crippen LogP contribution in [0.2, 0.25) is 0 Å². The zero-order chi connectivity index (χ0) is 13.6. The predicted octanol–water partition coefficient (Wildman–Crippen LogP) is 2.57. The van der Waals surface area contributed by atoms with Crippen LogP contribution in [-0.2, 0) is 21.8 Å². The number of methoxy groups -OCH3 is 1. The summed E-state index contributed by atoms with van der Waals surface area (Å²) in [7, 11) is 1.39. The minimum atomic E-state index is -0.207. The van der Waals surface area contributed by atoms with Gasteiger partial charge in [0.1, 0.15) is 11.5 Å². The zero-order valence-corrected chi connectivity index (χ0v) is 12.2. The number of nitrogens with one attached hydrogen (secondary N) is 1. The van der Waals surface area contributed by atoms with Crippen molar-refractivity contribution in [1.82, 2.24) is 5.32 Å². The monoisotopic (exact) mass is 271 g/mol. The molecule has 0 radical (unpaired) electrons. The molecule has 0 aliphatic rings. The minimum Gasteiger partial charge on any atom is -0.468 e. The maximum Gasteiger partial charge on any atom is 0.315 e. The number of thioether (sulfide) groups is 1. The van der Waals surface area contributed by atoms with Crippen molar-refractivity contribution >= 4 is 17.7 Å². The van der Waals surface area contributed by atoms with E-state index in [9.17, 15) is 4.79 Å². The van der Waals surface area contributed by atoms with Crippen molar-refractivity contribution in [2.75, 3.05) is 12.9 Å². The van der Waals surface area contributed by atoms with Gasteiger partial charge in [0.25, 0.3) is 0 Å². The summed E-state index contributed by atoms with van der Waals surface area (Å²) < 4.78 is 10.2. The van der Waals surface area contributed by atoms with Crippen LogP contribution in [0.15, 0.2) is 16.5 Å². The summed E-state index contributed by atoms with van der Waals surface area (Å²) in [6.07, 6.45) is 0. The first kappa shape index (κ1) is 15.1. The molecule has 0 saturated heterocycles. The summed E-state index contributed by atoms with van der Waals surface area (Å²) in [6, 6.07) is 3.91. The molecule has 1 N–H and O–H groups in total. The van der Waals surface area contributed by atoms with E-state index in [0.717, 1.165) is 11.5 Å². The highest BCUT2D eigenvalue weighted by Gasteiger charge is 2.10. The molecule has 5 heteroatoms. The van der Waals surface area contributed by atoms with E-state index in [1.807, 2.05) is 12.1 Å². The molecule has 0 amide bonds. The third kappa shape index (κ3) is 6.12. The Morgan fingerprint density at radius 2 is 2.06 bits per heavy atom. The maximum absolute atomic E-state index is 10.9. The molecule has 0 spiro atoms. The fourth-order valence-corrected chi connectivity index (χ4v) is 1.98. The number of carbonyl (C=O) groups excluding carboxylic acids is 1. The van der Waals surface area contributed by atoms with E-state index in [2.05, 4.69) is 30.8 Å². The molecule has 1 rings (SSSR count). The Morgan fingerprint density at radius 3 is 2.67 bits per heavy atom. The highest BCUT2D eigenvalue weighted by Crippen LogP contribution is 2.16. The van der Waals surface area contributed by atoms with E-state index in [-0.39, 0.29) is 11.5 Å². The van der Waals surface area contributed by atoms with Gasteiger partial charge >= 0.3 is 5.97 Å². The van der Waals surface area contributed by atoms with Gasteiger partial charge in [0, 0.05) is 5.54 Å². The molecule has 1 aromatic rings. The number of rotatable bonds is 6. The molecule has 0 unspecified atom stereocenters. The summed E-state index contributed by atoms with van der Waals surface area (Å²) in [5, 5.41) is 3.36. The lowest BCUT2D eigenvalue weighted by Gasteiger charge is -2.19. The Morgan fingerprint density at radius 1 is 1.39 bits per heavy atom. The Kier molecular flexibility index (Phi) is 5.75. The summed E-state index contributed by atoms with van der Waals surface area (Å²) >= 11 is 1.49. The average Bonchev–Trinajstić information content (AvgIpc) is 2.73. The van der Waals surface area contributed by atoms with E-state index in [1.165, 1.54) is 18.9 Å². The van der Waals surface area contributed by atoms with Crippen LogP contribution in [0.25, 0.3) is 0 Å². The number of carbonyl (C=O) groups is 1. The van der Waals surface area contributed by atoms with Crippen LogP contribution in [0, 0.1) is 0 Å². The van der Waals surface area contributed by atoms with Crippen molar-refractivity contribution in [3.8, 4) is 0 Å². The Hall–Kier alpha value is -0.940. The Bertz CT molecular complexity index is 382. The summed E-state index contributed by atoms with van der Waals surface area (Å²) in [4.78, 5) is 10.9. The fraction of sp³-hybridized carbons (Fsp3) is 0.615. The highest BCUT2D eigenvalue weighted by atomic mass is 32.2. The van der Waals surface area contributed by atoms with Crippen LogP contribution in [0.4, 0.5) is 0 Å². The second-order valence-corrected chi connectivity index (χ2v) is 6.03. The molecule has 18 heavy (non-hydrogen) atoms. The summed E-state index contributed by atoms with van der Waals surface area (Å²) in [6.45, 7) is 7.06. The predicted molar refractivity (Wildman–Crippen MR) is 73.5 cm³/mol. The van der Waals surface area contributed by atoms with Crippen molar-refractivity contribution in [3.05, 3.63) is 23.7 Å². The first-order valence-electron chi connectivity index (χ1n) is 5.88. The van der Waals surface area contributed by atoms with Crippen molar-refractivity contribution < 1.29 is 13.9 Å². The topological polar surface area (TPSA) is 51.5 Å². The molecule has 1 aromatic heterocycles. The number of ether oxygens (including phenoxy) is 1. The zero-order valence-electron chi connectivity index (χ0n) is 11.4. The maximum atomic E-state index is 10.9. The van der Waals surface area contributed by atoms with Gasteiger partial charge in [-0.3, -0.25) is 4.79 Å². The first-order valence-corrected chi connectivity index (χ1v) is 7.03. The molecule has 0 fully saturated rings. The quantitative estimate of drug-likeness (QED) is 0.806. The van der Waals surface area contributed by atoms with Crippen molar-refractivity contribution in [1.29, 1.82) is 0 Å². The normalized spacial score (nSPS) is 11.6. The standard InChI is InChI=1S/C13H21NO3S/c1-13(2,3)14-7-10-5-6-11(17-10)8-18-9-12(15)16-4/h5-6,14H,7-9H2,1-4H3. The Labute approximate surface area is 112 Å². The molecule has 0 aliphatic heterocycles. The van der Waals surface area contributed by atoms with E-state index in [4.69, 9.17) is 4.42 Å². The van der Waals surface area contributed by atoms with E-state index < -0.39 is 0 Å². The molecule has 0 bridgehead atoms. The molecule has 4 nitrogen and oxygen atoms in total. The molecular formula is C13H21NO3S. The fourth-order valence-electron chi connectivity index (χ4n) is 1.24. The minimum absolute atomic E-state index is 0.0760. The summed E-state index contributed by atoms with van der Waals surface area (Å²) in [5.41, 5.74) is 0.0760. The van der Waals surface area contributed by atoms with Crippen LogP contribution < -0.4 is 5.32 Å². The van der Waals surface area contributed by atoms with Crippen LogP contribution in [0.1, 0.15) is 32.3 Å². The number of hydrogen-bond donors (Lipinski definition) is 1. The lowest BCUT2D eigenvalue weighted by molar-refractivity contribution is -0.137. The second-order valence-electron chi connectivity index (χ2n) is 5.04. The smallest absolute Gasteiger partial charge is 0.315 e. The summed E-state index contributed by atoms with van der Waals surface area (Å²) in [5.74, 6) is 2.63. The number of furan rings is 1. The molecule has 0 atom stereocenters. The van der Waals surface area contributed by atoms with Crippen LogP contribution in [0.5, 0.6) is 0 Å². The van der Waals surface area contributed by atoms with Gasteiger partial charge in [-0.25, -0.2) is 0 Å². The van der Waals surface area contributed by atoms with E-state index >= 15 is 0 Å². The molecule has 1 heterocycles. The van der Waals surface area contributed by atoms with Crippen LogP contribution in [-0.4, -0.2) is 24.4 Å². The first-order chi connectivity index (χ1) is 8.40. The number of hydrogen-bond acceptors (Lipinski definition) is 5. The molecule has 0 saturated carbocycles. The van der Waals surface area contributed by atoms with Gasteiger partial charge in [0.05, 0.1) is 25.2 Å². The Balaban J connectivity index is 2.32. The average molecular weight is 271 g/mol. The van der Waals surface area contributed by atoms with Gasteiger partial charge in [0.15, 0.2) is 0 Å². The molecular weight excluding hydrogens is 250 g/mol. The van der Waals surface area contributed by atoms with E-state index in [1.54, 1.807) is 0 Å². The van der Waals surface area contributed by atoms with Gasteiger partial charge in [-0.2, -0.15) is 0 Å². The molecule has 0 aliphatic carbocycles. The molecule has 0 aromatic carbocycles. The van der Waals surface area contributed by atoms with Crippen LogP contribution >= 0.6 is 11.8 Å². The third-order valence-corrected chi connectivity index (χ3v) is 3.13. The lowest BCUT2D eigenvalue weighted by Crippen LogP contribution is -2.34. The van der Waals surface area contributed by atoms with Crippen LogP contribution in [0.3, 0.4) is 0 Å². The van der Waals surface area contributed by atoms with Gasteiger partial charge in [-0.1, -0.05) is 0 Å². The van der Waals surface area contributed by atoms with Gasteiger partial charge in [-0.15, -0.1) is 11.8 Å². The van der Waals surface area contributed by atoms with Crippen molar-refractivity contribution in [2.45, 2.75) is 38.6 Å².